The highest BCUT2D eigenvalue weighted by Crippen LogP contribution is 2.28. The Hall–Kier alpha value is -2.82. The molecule has 0 saturated carbocycles. The minimum Gasteiger partial charge on any atom is -0.348 e. The van der Waals surface area contributed by atoms with Gasteiger partial charge in [0, 0.05) is 48.6 Å². The summed E-state index contributed by atoms with van der Waals surface area (Å²) >= 11 is 0. The number of hydrogen-bond acceptors (Lipinski definition) is 2. The number of pyridine rings is 1. The van der Waals surface area contributed by atoms with Crippen LogP contribution in [0.5, 0.6) is 0 Å². The molecule has 1 aliphatic rings. The summed E-state index contributed by atoms with van der Waals surface area (Å²) in [6, 6.07) is 12.1. The molecule has 3 heterocycles. The molecule has 0 bridgehead atoms. The Kier molecular flexibility index (Phi) is 3.26. The quantitative estimate of drug-likeness (QED) is 0.743. The fourth-order valence-corrected chi connectivity index (χ4v) is 3.16. The number of rotatable bonds is 3. The van der Waals surface area contributed by atoms with E-state index in [9.17, 15) is 4.79 Å². The molecule has 2 amide bonds. The standard InChI is InChI=1S/C18H18N4O/c1-2-20-9-7-14-12-15(5-6-17(14)20)21-10-11-22(18(21)23)16-4-3-8-19-13-16/h3-9,12-13H,2,10-11H2,1H3. The van der Waals surface area contributed by atoms with Crippen LogP contribution in [0.1, 0.15) is 6.92 Å². The maximum absolute atomic E-state index is 12.7. The smallest absolute Gasteiger partial charge is 0.329 e. The third kappa shape index (κ3) is 2.25. The van der Waals surface area contributed by atoms with Gasteiger partial charge in [-0.15, -0.1) is 0 Å². The van der Waals surface area contributed by atoms with Gasteiger partial charge in [-0.25, -0.2) is 4.79 Å². The number of carbonyl (C=O) groups is 1. The second kappa shape index (κ2) is 5.43. The van der Waals surface area contributed by atoms with Gasteiger partial charge in [0.25, 0.3) is 0 Å². The Morgan fingerprint density at radius 3 is 2.65 bits per heavy atom. The Labute approximate surface area is 134 Å². The number of urea groups is 1. The van der Waals surface area contributed by atoms with Crippen LogP contribution in [0.2, 0.25) is 0 Å². The summed E-state index contributed by atoms with van der Waals surface area (Å²) < 4.78 is 2.20. The van der Waals surface area contributed by atoms with Crippen LogP contribution < -0.4 is 9.80 Å². The number of aromatic nitrogens is 2. The lowest BCUT2D eigenvalue weighted by atomic mass is 10.2. The number of nitrogens with zero attached hydrogens (tertiary/aromatic N) is 4. The SMILES string of the molecule is CCn1ccc2cc(N3CCN(c4cccnc4)C3=O)ccc21. The third-order valence-corrected chi connectivity index (χ3v) is 4.37. The van der Waals surface area contributed by atoms with Crippen molar-refractivity contribution in [2.24, 2.45) is 0 Å². The zero-order valence-corrected chi connectivity index (χ0v) is 13.0. The molecule has 0 N–H and O–H groups in total. The zero-order valence-electron chi connectivity index (χ0n) is 13.0. The van der Waals surface area contributed by atoms with Crippen molar-refractivity contribution in [1.82, 2.24) is 9.55 Å². The molecule has 1 saturated heterocycles. The lowest BCUT2D eigenvalue weighted by Crippen LogP contribution is -2.31. The van der Waals surface area contributed by atoms with Crippen molar-refractivity contribution in [3.63, 3.8) is 0 Å². The first-order chi connectivity index (χ1) is 11.3. The lowest BCUT2D eigenvalue weighted by Gasteiger charge is -2.18. The average Bonchev–Trinajstić information content (AvgIpc) is 3.18. The van der Waals surface area contributed by atoms with Gasteiger partial charge in [-0.1, -0.05) is 0 Å². The summed E-state index contributed by atoms with van der Waals surface area (Å²) in [7, 11) is 0. The molecule has 5 heteroatoms. The average molecular weight is 306 g/mol. The molecule has 5 nitrogen and oxygen atoms in total. The van der Waals surface area contributed by atoms with Crippen molar-refractivity contribution in [2.45, 2.75) is 13.5 Å². The summed E-state index contributed by atoms with van der Waals surface area (Å²) in [5, 5.41) is 1.16. The van der Waals surface area contributed by atoms with E-state index in [-0.39, 0.29) is 6.03 Å². The van der Waals surface area contributed by atoms with Gasteiger partial charge < -0.3 is 4.57 Å². The van der Waals surface area contributed by atoms with E-state index >= 15 is 0 Å². The van der Waals surface area contributed by atoms with Crippen LogP contribution >= 0.6 is 0 Å². The first-order valence-corrected chi connectivity index (χ1v) is 7.86. The molecule has 2 aromatic heterocycles. The van der Waals surface area contributed by atoms with Gasteiger partial charge in [0.05, 0.1) is 11.9 Å². The Morgan fingerprint density at radius 1 is 1.09 bits per heavy atom. The van der Waals surface area contributed by atoms with Crippen LogP contribution in [0.15, 0.2) is 55.0 Å². The fraction of sp³-hybridized carbons (Fsp3) is 0.222. The van der Waals surface area contributed by atoms with Crippen LogP contribution in [0.4, 0.5) is 16.2 Å². The monoisotopic (exact) mass is 306 g/mol. The summed E-state index contributed by atoms with van der Waals surface area (Å²) in [5.74, 6) is 0. The largest absolute Gasteiger partial charge is 0.348 e. The van der Waals surface area contributed by atoms with Crippen molar-refractivity contribution in [1.29, 1.82) is 0 Å². The summed E-state index contributed by atoms with van der Waals surface area (Å²) in [6.07, 6.45) is 5.53. The molecule has 1 fully saturated rings. The zero-order chi connectivity index (χ0) is 15.8. The minimum atomic E-state index is 0.00674. The van der Waals surface area contributed by atoms with Crippen molar-refractivity contribution in [3.8, 4) is 0 Å². The van der Waals surface area contributed by atoms with Crippen LogP contribution in [-0.4, -0.2) is 28.7 Å². The number of amides is 2. The molecule has 0 unspecified atom stereocenters. The van der Waals surface area contributed by atoms with Gasteiger partial charge in [0.1, 0.15) is 0 Å². The van der Waals surface area contributed by atoms with E-state index in [1.807, 2.05) is 23.1 Å². The van der Waals surface area contributed by atoms with E-state index in [4.69, 9.17) is 0 Å². The molecular weight excluding hydrogens is 288 g/mol. The molecule has 116 valence electrons. The van der Waals surface area contributed by atoms with E-state index in [2.05, 4.69) is 40.9 Å². The lowest BCUT2D eigenvalue weighted by molar-refractivity contribution is 0.256. The van der Waals surface area contributed by atoms with Crippen LogP contribution in [-0.2, 0) is 6.54 Å². The molecule has 0 spiro atoms. The second-order valence-electron chi connectivity index (χ2n) is 5.64. The van der Waals surface area contributed by atoms with Gasteiger partial charge in [0.2, 0.25) is 0 Å². The maximum Gasteiger partial charge on any atom is 0.329 e. The first-order valence-electron chi connectivity index (χ1n) is 7.86. The molecule has 3 aromatic rings. The summed E-state index contributed by atoms with van der Waals surface area (Å²) in [4.78, 5) is 20.4. The molecule has 1 aromatic carbocycles. The molecule has 0 radical (unpaired) electrons. The molecule has 4 rings (SSSR count). The minimum absolute atomic E-state index is 0.00674. The number of fused-ring (bicyclic) bond motifs is 1. The van der Waals surface area contributed by atoms with Gasteiger partial charge >= 0.3 is 6.03 Å². The van der Waals surface area contributed by atoms with E-state index in [1.54, 1.807) is 17.3 Å². The van der Waals surface area contributed by atoms with Crippen LogP contribution in [0.3, 0.4) is 0 Å². The van der Waals surface area contributed by atoms with Crippen molar-refractivity contribution < 1.29 is 4.79 Å². The topological polar surface area (TPSA) is 41.4 Å². The predicted molar refractivity (Wildman–Crippen MR) is 91.9 cm³/mol. The number of aryl methyl sites for hydroxylation is 1. The van der Waals surface area contributed by atoms with Gasteiger partial charge in [0.15, 0.2) is 0 Å². The fourth-order valence-electron chi connectivity index (χ4n) is 3.16. The highest BCUT2D eigenvalue weighted by atomic mass is 16.2. The van der Waals surface area contributed by atoms with E-state index in [0.29, 0.717) is 13.1 Å². The van der Waals surface area contributed by atoms with Crippen LogP contribution in [0.25, 0.3) is 10.9 Å². The molecular formula is C18H18N4O. The van der Waals surface area contributed by atoms with Gasteiger partial charge in [-0.3, -0.25) is 14.8 Å². The van der Waals surface area contributed by atoms with Crippen molar-refractivity contribution >= 4 is 28.3 Å². The molecule has 23 heavy (non-hydrogen) atoms. The maximum atomic E-state index is 12.7. The molecule has 1 aliphatic heterocycles. The van der Waals surface area contributed by atoms with E-state index in [1.165, 1.54) is 5.52 Å². The highest BCUT2D eigenvalue weighted by Gasteiger charge is 2.30. The molecule has 0 atom stereocenters. The number of benzene rings is 1. The second-order valence-corrected chi connectivity index (χ2v) is 5.64. The Balaban J connectivity index is 1.65. The van der Waals surface area contributed by atoms with Gasteiger partial charge in [-0.2, -0.15) is 0 Å². The number of anilines is 2. The predicted octanol–water partition coefficient (Wildman–Crippen LogP) is 3.50. The van der Waals surface area contributed by atoms with Crippen molar-refractivity contribution in [2.75, 3.05) is 22.9 Å². The Morgan fingerprint density at radius 2 is 1.91 bits per heavy atom. The summed E-state index contributed by atoms with van der Waals surface area (Å²) in [5.41, 5.74) is 2.99. The highest BCUT2D eigenvalue weighted by molar-refractivity contribution is 6.06. The first kappa shape index (κ1) is 13.8. The van der Waals surface area contributed by atoms with Crippen LogP contribution in [0, 0.1) is 0 Å². The van der Waals surface area contributed by atoms with Crippen molar-refractivity contribution in [3.05, 3.63) is 55.0 Å². The number of carbonyl (C=O) groups excluding carboxylic acids is 1. The van der Waals surface area contributed by atoms with E-state index in [0.717, 1.165) is 23.3 Å². The molecule has 0 aliphatic carbocycles. The normalized spacial score (nSPS) is 14.9. The number of hydrogen-bond donors (Lipinski definition) is 0. The van der Waals surface area contributed by atoms with Gasteiger partial charge in [-0.05, 0) is 43.3 Å². The third-order valence-electron chi connectivity index (χ3n) is 4.37. The summed E-state index contributed by atoms with van der Waals surface area (Å²) in [6.45, 7) is 4.44. The Bertz CT molecular complexity index is 856. The van der Waals surface area contributed by atoms with E-state index < -0.39 is 0 Å².